The van der Waals surface area contributed by atoms with Crippen molar-refractivity contribution >= 4 is 17.6 Å². The largest absolute Gasteiger partial charge is 0.497 e. The van der Waals surface area contributed by atoms with Gasteiger partial charge in [0.05, 0.1) is 20.1 Å². The number of aryl methyl sites for hydroxylation is 1. The zero-order valence-corrected chi connectivity index (χ0v) is 19.5. The Morgan fingerprint density at radius 3 is 2.76 bits per heavy atom. The zero-order valence-electron chi connectivity index (χ0n) is 19.5. The molecule has 3 heterocycles. The second-order valence-electron chi connectivity index (χ2n) is 9.58. The van der Waals surface area contributed by atoms with Crippen LogP contribution in [0.1, 0.15) is 67.1 Å². The number of methoxy groups -OCH3 is 1. The summed E-state index contributed by atoms with van der Waals surface area (Å²) in [5.74, 6) is 2.93. The Morgan fingerprint density at radius 1 is 1.15 bits per heavy atom. The predicted molar refractivity (Wildman–Crippen MR) is 125 cm³/mol. The van der Waals surface area contributed by atoms with Gasteiger partial charge in [0, 0.05) is 36.2 Å². The average Bonchev–Trinajstić information content (AvgIpc) is 3.48. The second-order valence-corrected chi connectivity index (χ2v) is 9.58. The normalized spacial score (nSPS) is 20.9. The molecule has 0 bridgehead atoms. The van der Waals surface area contributed by atoms with Crippen LogP contribution in [0.15, 0.2) is 24.3 Å². The van der Waals surface area contributed by atoms with E-state index in [1.807, 2.05) is 36.1 Å². The van der Waals surface area contributed by atoms with Crippen LogP contribution in [-0.2, 0) is 22.6 Å². The van der Waals surface area contributed by atoms with Crippen molar-refractivity contribution in [3.05, 3.63) is 46.9 Å². The van der Waals surface area contributed by atoms with Gasteiger partial charge in [-0.1, -0.05) is 25.0 Å². The van der Waals surface area contributed by atoms with E-state index in [0.717, 1.165) is 79.3 Å². The lowest BCUT2D eigenvalue weighted by Gasteiger charge is -2.34. The van der Waals surface area contributed by atoms with Crippen molar-refractivity contribution < 1.29 is 14.3 Å². The number of carbonyl (C=O) groups is 2. The summed E-state index contributed by atoms with van der Waals surface area (Å²) in [7, 11) is 1.64. The quantitative estimate of drug-likeness (QED) is 0.696. The van der Waals surface area contributed by atoms with Crippen LogP contribution in [0.3, 0.4) is 0 Å². The van der Waals surface area contributed by atoms with Crippen LogP contribution in [0.25, 0.3) is 0 Å². The summed E-state index contributed by atoms with van der Waals surface area (Å²) in [5.41, 5.74) is 2.79. The lowest BCUT2D eigenvalue weighted by Crippen LogP contribution is -2.42. The van der Waals surface area contributed by atoms with Crippen LogP contribution in [0.4, 0.5) is 5.82 Å². The van der Waals surface area contributed by atoms with Crippen LogP contribution in [0, 0.1) is 12.8 Å². The maximum Gasteiger partial charge on any atom is 0.233 e. The minimum atomic E-state index is 0.0454. The lowest BCUT2D eigenvalue weighted by molar-refractivity contribution is -0.136. The molecule has 1 aromatic heterocycles. The smallest absolute Gasteiger partial charge is 0.233 e. The van der Waals surface area contributed by atoms with Gasteiger partial charge in [-0.2, -0.15) is 0 Å². The Labute approximate surface area is 195 Å². The number of fused-ring (bicyclic) bond motifs is 1. The number of rotatable bonds is 5. The van der Waals surface area contributed by atoms with Crippen molar-refractivity contribution in [2.75, 3.05) is 25.1 Å². The van der Waals surface area contributed by atoms with Crippen LogP contribution < -0.4 is 9.64 Å². The second kappa shape index (κ2) is 9.12. The van der Waals surface area contributed by atoms with Crippen molar-refractivity contribution in [2.24, 2.45) is 5.92 Å². The Balaban J connectivity index is 1.38. The molecule has 2 fully saturated rings. The molecule has 1 aromatic carbocycles. The maximum absolute atomic E-state index is 13.0. The Hall–Kier alpha value is -2.96. The number of hydrogen-bond donors (Lipinski definition) is 0. The first kappa shape index (κ1) is 21.9. The molecular weight excluding hydrogens is 416 g/mol. The van der Waals surface area contributed by atoms with Crippen molar-refractivity contribution in [1.82, 2.24) is 14.9 Å². The summed E-state index contributed by atoms with van der Waals surface area (Å²) < 4.78 is 5.34. The monoisotopic (exact) mass is 448 g/mol. The Kier molecular flexibility index (Phi) is 6.04. The van der Waals surface area contributed by atoms with E-state index in [1.54, 1.807) is 12.0 Å². The van der Waals surface area contributed by atoms with Crippen molar-refractivity contribution in [2.45, 2.75) is 64.3 Å². The molecule has 1 atom stereocenters. The van der Waals surface area contributed by atoms with Gasteiger partial charge in [-0.25, -0.2) is 9.97 Å². The average molecular weight is 449 g/mol. The molecule has 174 valence electrons. The van der Waals surface area contributed by atoms with Gasteiger partial charge >= 0.3 is 0 Å². The molecule has 2 aliphatic heterocycles. The van der Waals surface area contributed by atoms with Gasteiger partial charge in [-0.05, 0) is 50.3 Å². The number of benzene rings is 1. The molecule has 5 rings (SSSR count). The topological polar surface area (TPSA) is 75.6 Å². The van der Waals surface area contributed by atoms with Gasteiger partial charge in [0.2, 0.25) is 11.8 Å². The summed E-state index contributed by atoms with van der Waals surface area (Å²) in [6.07, 6.45) is 6.65. The fourth-order valence-electron chi connectivity index (χ4n) is 5.52. The van der Waals surface area contributed by atoms with E-state index < -0.39 is 0 Å². The molecule has 7 heteroatoms. The number of hydrogen-bond acceptors (Lipinski definition) is 5. The molecule has 0 N–H and O–H groups in total. The summed E-state index contributed by atoms with van der Waals surface area (Å²) in [4.78, 5) is 39.4. The molecule has 3 aliphatic rings. The number of ether oxygens (including phenoxy) is 1. The molecule has 2 amide bonds. The third-order valence-electron chi connectivity index (χ3n) is 7.37. The van der Waals surface area contributed by atoms with Crippen LogP contribution in [0.5, 0.6) is 5.75 Å². The molecule has 7 nitrogen and oxygen atoms in total. The summed E-state index contributed by atoms with van der Waals surface area (Å²) in [6, 6.07) is 7.78. The van der Waals surface area contributed by atoms with Crippen LogP contribution in [-0.4, -0.2) is 46.9 Å². The third kappa shape index (κ3) is 4.33. The number of piperidine rings is 1. The highest BCUT2D eigenvalue weighted by atomic mass is 16.5. The molecule has 0 unspecified atom stereocenters. The van der Waals surface area contributed by atoms with E-state index in [0.29, 0.717) is 25.4 Å². The summed E-state index contributed by atoms with van der Waals surface area (Å²) in [5, 5.41) is 0. The van der Waals surface area contributed by atoms with Crippen molar-refractivity contribution in [3.63, 3.8) is 0 Å². The van der Waals surface area contributed by atoms with E-state index in [1.165, 1.54) is 0 Å². The molecule has 0 spiro atoms. The molecule has 1 aliphatic carbocycles. The SMILES string of the molecule is COc1cccc(CN2C(=O)Cc3c(C)nc([C@H]4CCCN(C(=O)C5CCCC5)C4)nc32)c1. The first-order chi connectivity index (χ1) is 16.0. The van der Waals surface area contributed by atoms with E-state index >= 15 is 0 Å². The van der Waals surface area contributed by atoms with E-state index in [2.05, 4.69) is 0 Å². The molecule has 2 aromatic rings. The van der Waals surface area contributed by atoms with E-state index in [9.17, 15) is 9.59 Å². The molecule has 1 saturated heterocycles. The molecule has 33 heavy (non-hydrogen) atoms. The van der Waals surface area contributed by atoms with Crippen molar-refractivity contribution in [1.29, 1.82) is 0 Å². The number of nitrogens with zero attached hydrogens (tertiary/aromatic N) is 4. The number of aromatic nitrogens is 2. The Morgan fingerprint density at radius 2 is 1.97 bits per heavy atom. The van der Waals surface area contributed by atoms with Gasteiger partial charge in [-0.3, -0.25) is 14.5 Å². The highest BCUT2D eigenvalue weighted by Crippen LogP contribution is 2.35. The summed E-state index contributed by atoms with van der Waals surface area (Å²) >= 11 is 0. The highest BCUT2D eigenvalue weighted by Gasteiger charge is 2.35. The van der Waals surface area contributed by atoms with Crippen LogP contribution in [0.2, 0.25) is 0 Å². The first-order valence-corrected chi connectivity index (χ1v) is 12.1. The predicted octanol–water partition coefficient (Wildman–Crippen LogP) is 3.78. The highest BCUT2D eigenvalue weighted by molar-refractivity contribution is 6.00. The molecule has 0 radical (unpaired) electrons. The van der Waals surface area contributed by atoms with E-state index in [4.69, 9.17) is 14.7 Å². The van der Waals surface area contributed by atoms with E-state index in [-0.39, 0.29) is 17.7 Å². The first-order valence-electron chi connectivity index (χ1n) is 12.1. The lowest BCUT2D eigenvalue weighted by atomic mass is 9.95. The van der Waals surface area contributed by atoms with Gasteiger partial charge in [-0.15, -0.1) is 0 Å². The van der Waals surface area contributed by atoms with Gasteiger partial charge < -0.3 is 9.64 Å². The van der Waals surface area contributed by atoms with Gasteiger partial charge in [0.25, 0.3) is 0 Å². The number of amides is 2. The van der Waals surface area contributed by atoms with Crippen molar-refractivity contribution in [3.8, 4) is 5.75 Å². The summed E-state index contributed by atoms with van der Waals surface area (Å²) in [6.45, 7) is 3.93. The number of carbonyl (C=O) groups excluding carboxylic acids is 2. The number of likely N-dealkylation sites (tertiary alicyclic amines) is 1. The van der Waals surface area contributed by atoms with Gasteiger partial charge in [0.15, 0.2) is 0 Å². The minimum absolute atomic E-state index is 0.0454. The fraction of sp³-hybridized carbons (Fsp3) is 0.538. The number of anilines is 1. The maximum atomic E-state index is 13.0. The fourth-order valence-corrected chi connectivity index (χ4v) is 5.52. The molecular formula is C26H32N4O3. The van der Waals surface area contributed by atoms with Crippen LogP contribution >= 0.6 is 0 Å². The zero-order chi connectivity index (χ0) is 22.9. The Bertz CT molecular complexity index is 1060. The minimum Gasteiger partial charge on any atom is -0.497 e. The standard InChI is InChI=1S/C26H32N4O3/c1-17-22-14-23(31)30(15-18-7-5-11-21(13-18)33-2)25(22)28-24(27-17)20-10-6-12-29(16-20)26(32)19-8-3-4-9-19/h5,7,11,13,19-20H,3-4,6,8-10,12,14-16H2,1-2H3/t20-/m0/s1. The third-order valence-corrected chi connectivity index (χ3v) is 7.37. The van der Waals surface area contributed by atoms with Gasteiger partial charge in [0.1, 0.15) is 17.4 Å². The molecule has 1 saturated carbocycles.